The summed E-state index contributed by atoms with van der Waals surface area (Å²) in [5, 5.41) is 12.2. The van der Waals surface area contributed by atoms with Gasteiger partial charge in [0.1, 0.15) is 0 Å². The lowest BCUT2D eigenvalue weighted by atomic mass is 9.85. The molecule has 0 amide bonds. The molecule has 1 aromatic carbocycles. The van der Waals surface area contributed by atoms with Gasteiger partial charge in [-0.25, -0.2) is 0 Å². The molecule has 0 saturated heterocycles. The Hall–Kier alpha value is -2.08. The number of nitrogens with zero attached hydrogens (tertiary/aromatic N) is 3. The second-order valence-corrected chi connectivity index (χ2v) is 9.30. The molecule has 2 heterocycles. The lowest BCUT2D eigenvalue weighted by Gasteiger charge is -2.20. The molecule has 2 aromatic heterocycles. The number of rotatable bonds is 3. The Morgan fingerprint density at radius 1 is 1.35 bits per heavy atom. The minimum absolute atomic E-state index is 0.0149. The van der Waals surface area contributed by atoms with E-state index in [2.05, 4.69) is 48.0 Å². The van der Waals surface area contributed by atoms with Crippen molar-refractivity contribution in [3.63, 3.8) is 0 Å². The summed E-state index contributed by atoms with van der Waals surface area (Å²) < 4.78 is 14.8. The highest BCUT2D eigenvalue weighted by Gasteiger charge is 2.22. The fourth-order valence-electron chi connectivity index (χ4n) is 2.87. The van der Waals surface area contributed by atoms with Crippen molar-refractivity contribution in [1.29, 1.82) is 0 Å². The van der Waals surface area contributed by atoms with Gasteiger partial charge in [0.2, 0.25) is 0 Å². The summed E-state index contributed by atoms with van der Waals surface area (Å²) in [6.45, 7) is 6.55. The molecule has 3 rings (SSSR count). The summed E-state index contributed by atoms with van der Waals surface area (Å²) in [7, 11) is -0.532. The maximum Gasteiger partial charge on any atom is 0.0825 e. The van der Waals surface area contributed by atoms with Gasteiger partial charge in [-0.15, -0.1) is 0 Å². The van der Waals surface area contributed by atoms with Crippen LogP contribution >= 0.6 is 0 Å². The molecule has 0 spiro atoms. The molecule has 122 valence electrons. The minimum Gasteiger partial charge on any atom is -0.285 e. The van der Waals surface area contributed by atoms with Crippen molar-refractivity contribution >= 4 is 26.3 Å². The Balaban J connectivity index is 2.14. The number of aromatic nitrogens is 4. The highest BCUT2D eigenvalue weighted by Crippen LogP contribution is 2.32. The Bertz CT molecular complexity index is 945. The summed E-state index contributed by atoms with van der Waals surface area (Å²) in [6, 6.07) is 6.21. The van der Waals surface area contributed by atoms with Crippen molar-refractivity contribution in [1.82, 2.24) is 20.0 Å². The van der Waals surface area contributed by atoms with Crippen molar-refractivity contribution in [2.75, 3.05) is 0 Å². The zero-order chi connectivity index (χ0) is 16.8. The third kappa shape index (κ3) is 2.79. The van der Waals surface area contributed by atoms with E-state index in [0.29, 0.717) is 10.6 Å². The van der Waals surface area contributed by atoms with Gasteiger partial charge in [0.15, 0.2) is 0 Å². The highest BCUT2D eigenvalue weighted by atomic mass is 32.2. The van der Waals surface area contributed by atoms with Gasteiger partial charge in [-0.1, -0.05) is 39.0 Å². The third-order valence-electron chi connectivity index (χ3n) is 4.02. The molecular formula is C17H22N4OS. The van der Waals surface area contributed by atoms with E-state index in [4.69, 9.17) is 0 Å². The summed E-state index contributed by atoms with van der Waals surface area (Å²) in [6.07, 6.45) is 3.21. The largest absolute Gasteiger partial charge is 0.285 e. The molecule has 0 saturated carbocycles. The van der Waals surface area contributed by atoms with Gasteiger partial charge in [0.25, 0.3) is 0 Å². The Labute approximate surface area is 136 Å². The first-order valence-corrected chi connectivity index (χ1v) is 9.38. The number of H-pyrrole nitrogens is 1. The summed E-state index contributed by atoms with van der Waals surface area (Å²) in [5.41, 5.74) is 3.16. The van der Waals surface area contributed by atoms with E-state index in [-0.39, 0.29) is 5.41 Å². The maximum atomic E-state index is 12.9. The molecule has 0 bridgehead atoms. The number of aryl methyl sites for hydroxylation is 1. The minimum atomic E-state index is -2.47. The SMILES string of the molecule is C=S(=O)(Cc1nn(C)c2c(C(C)(C)C)cccc12)c1cn[nH]c1. The van der Waals surface area contributed by atoms with Crippen LogP contribution in [0.5, 0.6) is 0 Å². The number of hydrogen-bond acceptors (Lipinski definition) is 3. The van der Waals surface area contributed by atoms with Crippen LogP contribution in [-0.2, 0) is 27.7 Å². The first-order valence-electron chi connectivity index (χ1n) is 7.49. The van der Waals surface area contributed by atoms with Crippen molar-refractivity contribution in [3.8, 4) is 0 Å². The van der Waals surface area contributed by atoms with Gasteiger partial charge in [0.05, 0.1) is 28.1 Å². The number of hydrogen-bond donors (Lipinski definition) is 1. The number of nitrogens with one attached hydrogen (secondary N) is 1. The molecule has 3 aromatic rings. The first-order chi connectivity index (χ1) is 10.7. The van der Waals surface area contributed by atoms with Gasteiger partial charge in [-0.05, 0) is 16.8 Å². The number of aromatic amines is 1. The molecule has 1 N–H and O–H groups in total. The molecule has 0 aliphatic heterocycles. The van der Waals surface area contributed by atoms with Crippen LogP contribution in [0, 0.1) is 0 Å². The Morgan fingerprint density at radius 3 is 2.70 bits per heavy atom. The molecular weight excluding hydrogens is 308 g/mol. The lowest BCUT2D eigenvalue weighted by molar-refractivity contribution is 0.590. The van der Waals surface area contributed by atoms with Crippen LogP contribution in [0.1, 0.15) is 32.0 Å². The molecule has 5 nitrogen and oxygen atoms in total. The average Bonchev–Trinajstić information content (AvgIpc) is 3.07. The van der Waals surface area contributed by atoms with Crippen LogP contribution in [0.2, 0.25) is 0 Å². The van der Waals surface area contributed by atoms with E-state index in [1.807, 2.05) is 23.9 Å². The van der Waals surface area contributed by atoms with Crippen LogP contribution in [0.25, 0.3) is 10.9 Å². The molecule has 0 fully saturated rings. The summed E-state index contributed by atoms with van der Waals surface area (Å²) in [5.74, 6) is 4.22. The standard InChI is InChI=1S/C17H22N4OS/c1-17(2,3)14-8-6-7-13-15(20-21(4)16(13)14)11-23(5,22)12-9-18-19-10-12/h6-10H,5,11H2,1-4H3,(H,18,19). The van der Waals surface area contributed by atoms with Crippen molar-refractivity contribution in [2.45, 2.75) is 36.8 Å². The van der Waals surface area contributed by atoms with E-state index >= 15 is 0 Å². The smallest absolute Gasteiger partial charge is 0.0825 e. The fourth-order valence-corrected chi connectivity index (χ4v) is 4.20. The zero-order valence-electron chi connectivity index (χ0n) is 14.0. The summed E-state index contributed by atoms with van der Waals surface area (Å²) >= 11 is 0. The van der Waals surface area contributed by atoms with Crippen molar-refractivity contribution in [3.05, 3.63) is 41.9 Å². The van der Waals surface area contributed by atoms with Crippen LogP contribution in [0.15, 0.2) is 35.5 Å². The monoisotopic (exact) mass is 330 g/mol. The van der Waals surface area contributed by atoms with Crippen LogP contribution in [0.4, 0.5) is 0 Å². The predicted molar refractivity (Wildman–Crippen MR) is 95.2 cm³/mol. The molecule has 23 heavy (non-hydrogen) atoms. The average molecular weight is 330 g/mol. The topological polar surface area (TPSA) is 63.6 Å². The highest BCUT2D eigenvalue weighted by molar-refractivity contribution is 7.99. The van der Waals surface area contributed by atoms with Crippen LogP contribution in [-0.4, -0.2) is 30.1 Å². The molecule has 1 atom stereocenters. The molecule has 0 aliphatic rings. The Morgan fingerprint density at radius 2 is 2.09 bits per heavy atom. The quantitative estimate of drug-likeness (QED) is 0.751. The maximum absolute atomic E-state index is 12.9. The first kappa shape index (κ1) is 15.8. The van der Waals surface area contributed by atoms with Gasteiger partial charge in [-0.3, -0.25) is 14.0 Å². The van der Waals surface area contributed by atoms with Gasteiger partial charge < -0.3 is 0 Å². The number of para-hydroxylation sites is 1. The predicted octanol–water partition coefficient (Wildman–Crippen LogP) is 2.87. The van der Waals surface area contributed by atoms with Gasteiger partial charge in [0, 0.05) is 28.2 Å². The zero-order valence-corrected chi connectivity index (χ0v) is 14.8. The van der Waals surface area contributed by atoms with Crippen LogP contribution < -0.4 is 0 Å². The fraction of sp³-hybridized carbons (Fsp3) is 0.353. The van der Waals surface area contributed by atoms with Crippen LogP contribution in [0.3, 0.4) is 0 Å². The second-order valence-electron chi connectivity index (χ2n) is 6.91. The normalized spacial score (nSPS) is 15.0. The van der Waals surface area contributed by atoms with E-state index in [0.717, 1.165) is 16.6 Å². The lowest BCUT2D eigenvalue weighted by Crippen LogP contribution is -2.12. The van der Waals surface area contributed by atoms with Gasteiger partial charge in [-0.2, -0.15) is 10.2 Å². The number of fused-ring (bicyclic) bond motifs is 1. The van der Waals surface area contributed by atoms with Gasteiger partial charge >= 0.3 is 0 Å². The third-order valence-corrected chi connectivity index (χ3v) is 5.84. The van der Waals surface area contributed by atoms with E-state index in [1.54, 1.807) is 12.4 Å². The van der Waals surface area contributed by atoms with E-state index in [9.17, 15) is 4.21 Å². The second kappa shape index (κ2) is 5.23. The Kier molecular flexibility index (Phi) is 3.59. The molecule has 0 radical (unpaired) electrons. The van der Waals surface area contributed by atoms with Crippen molar-refractivity contribution in [2.24, 2.45) is 7.05 Å². The van der Waals surface area contributed by atoms with E-state index in [1.165, 1.54) is 5.56 Å². The molecule has 1 unspecified atom stereocenters. The van der Waals surface area contributed by atoms with Crippen molar-refractivity contribution < 1.29 is 4.21 Å². The molecule has 6 heteroatoms. The summed E-state index contributed by atoms with van der Waals surface area (Å²) in [4.78, 5) is 0.628. The number of benzene rings is 1. The molecule has 0 aliphatic carbocycles. The van der Waals surface area contributed by atoms with E-state index < -0.39 is 9.52 Å².